The Bertz CT molecular complexity index is 2330. The van der Waals surface area contributed by atoms with Gasteiger partial charge in [0.15, 0.2) is 28.5 Å². The Morgan fingerprint density at radius 1 is 1.11 bits per heavy atom. The van der Waals surface area contributed by atoms with Crippen LogP contribution in [0.3, 0.4) is 0 Å². The number of ether oxygens (including phenoxy) is 5. The zero-order valence-corrected chi connectivity index (χ0v) is 32.1. The molecular weight excluding hydrogens is 727 g/mol. The standard InChI is InChI=1S/C41H43N3O10S/c1-6-43-16-40(48)14-22-13-19(2)33(49-5)32(46)27(22)30(43)31-37-29-28(36-35(51-18-52-36)20(3)34(29)53-21(4)45)25(44(31)40)15-50-39(47)41(17-55-37)38-24(11-12-42-41)23-9-7-8-10-26(23)54-38/h7-10,13,25,30-31,37,42,46,48H,6,11-12,14-18H2,1-5H3/t25-,30+,31+,37+,40-,41+/m0/s1. The Morgan fingerprint density at radius 2 is 1.91 bits per heavy atom. The molecule has 2 fully saturated rings. The van der Waals surface area contributed by atoms with E-state index in [9.17, 15) is 19.8 Å². The number of methoxy groups -OCH3 is 1. The van der Waals surface area contributed by atoms with Crippen molar-refractivity contribution in [2.75, 3.05) is 45.9 Å². The molecule has 8 aliphatic rings. The van der Waals surface area contributed by atoms with Crippen LogP contribution in [-0.2, 0) is 32.7 Å². The molecule has 1 unspecified atom stereocenters. The van der Waals surface area contributed by atoms with E-state index in [4.69, 9.17) is 28.1 Å². The fraction of sp³-hybridized carbons (Fsp3) is 0.463. The highest BCUT2D eigenvalue weighted by atomic mass is 32.2. The molecule has 1 spiro atoms. The summed E-state index contributed by atoms with van der Waals surface area (Å²) in [6.07, 6.45) is 0.867. The molecule has 1 aromatic heterocycles. The number of carbonyl (C=O) groups excluding carboxylic acids is 2. The van der Waals surface area contributed by atoms with Crippen molar-refractivity contribution in [2.45, 2.75) is 75.2 Å². The number of fused-ring (bicyclic) bond motifs is 8. The van der Waals surface area contributed by atoms with Gasteiger partial charge in [-0.3, -0.25) is 19.9 Å². The first kappa shape index (κ1) is 35.0. The van der Waals surface area contributed by atoms with E-state index >= 15 is 0 Å². The smallest absolute Gasteiger partial charge is 0.335 e. The van der Waals surface area contributed by atoms with E-state index in [1.165, 1.54) is 18.7 Å². The Kier molecular flexibility index (Phi) is 7.80. The predicted octanol–water partition coefficient (Wildman–Crippen LogP) is 4.84. The number of rotatable bonds is 3. The normalized spacial score (nSPS) is 30.3. The van der Waals surface area contributed by atoms with Gasteiger partial charge in [-0.05, 0) is 44.0 Å². The SMILES string of the molecule is CCN1C[C@@]2(O)Cc3cc(C)c(OC)c(O)c3[C@@H]1[C@@H]1[C@@H]3SC[C@]4(NCCc5c4oc4ccccc54)C(=O)OC[C@@H](c4c5c(c(C)c(OC(C)=O)c43)OCO5)N12. The molecule has 9 heterocycles. The predicted molar refractivity (Wildman–Crippen MR) is 201 cm³/mol. The van der Waals surface area contributed by atoms with Crippen LogP contribution < -0.4 is 24.3 Å². The lowest BCUT2D eigenvalue weighted by Crippen LogP contribution is -2.70. The maximum absolute atomic E-state index is 14.8. The minimum absolute atomic E-state index is 0.0380. The molecule has 3 aromatic carbocycles. The molecule has 2 saturated heterocycles. The van der Waals surface area contributed by atoms with Crippen LogP contribution >= 0.6 is 11.8 Å². The van der Waals surface area contributed by atoms with Crippen LogP contribution in [0.4, 0.5) is 0 Å². The minimum atomic E-state index is -1.49. The van der Waals surface area contributed by atoms with Crippen LogP contribution in [0.5, 0.6) is 28.7 Å². The Labute approximate surface area is 321 Å². The molecule has 8 aliphatic heterocycles. The number of para-hydroxylation sites is 1. The van der Waals surface area contributed by atoms with Crippen molar-refractivity contribution < 1.29 is 47.9 Å². The Hall–Kier alpha value is -4.47. The molecule has 55 heavy (non-hydrogen) atoms. The molecule has 14 heteroatoms. The van der Waals surface area contributed by atoms with Crippen molar-refractivity contribution in [1.82, 2.24) is 15.1 Å². The average Bonchev–Trinajstić information content (AvgIpc) is 3.76. The molecule has 3 N–H and O–H groups in total. The van der Waals surface area contributed by atoms with Crippen molar-refractivity contribution in [3.8, 4) is 28.7 Å². The summed E-state index contributed by atoms with van der Waals surface area (Å²) >= 11 is 1.51. The monoisotopic (exact) mass is 769 g/mol. The van der Waals surface area contributed by atoms with Crippen LogP contribution in [0.1, 0.15) is 75.9 Å². The number of nitrogens with zero attached hydrogens (tertiary/aromatic N) is 2. The van der Waals surface area contributed by atoms with E-state index in [-0.39, 0.29) is 37.9 Å². The number of nitrogens with one attached hydrogen (secondary N) is 1. The molecule has 0 amide bonds. The molecule has 288 valence electrons. The van der Waals surface area contributed by atoms with Crippen molar-refractivity contribution in [3.05, 3.63) is 75.0 Å². The second-order valence-electron chi connectivity index (χ2n) is 15.5. The number of aryl methyl sites for hydroxylation is 1. The first-order valence-electron chi connectivity index (χ1n) is 18.8. The number of aliphatic hydroxyl groups is 1. The van der Waals surface area contributed by atoms with Crippen molar-refractivity contribution in [3.63, 3.8) is 0 Å². The van der Waals surface area contributed by atoms with E-state index < -0.39 is 46.6 Å². The van der Waals surface area contributed by atoms with Gasteiger partial charge in [0.05, 0.1) is 24.4 Å². The number of furan rings is 1. The molecule has 4 bridgehead atoms. The Balaban J connectivity index is 1.26. The van der Waals surface area contributed by atoms with Gasteiger partial charge in [-0.15, -0.1) is 11.8 Å². The van der Waals surface area contributed by atoms with Gasteiger partial charge in [-0.1, -0.05) is 31.2 Å². The lowest BCUT2D eigenvalue weighted by Gasteiger charge is -2.61. The third-order valence-corrected chi connectivity index (χ3v) is 14.1. The first-order chi connectivity index (χ1) is 26.5. The molecule has 13 nitrogen and oxygen atoms in total. The number of esters is 2. The van der Waals surface area contributed by atoms with Crippen LogP contribution in [-0.4, -0.2) is 89.6 Å². The maximum atomic E-state index is 14.8. The van der Waals surface area contributed by atoms with Crippen molar-refractivity contribution >= 4 is 34.7 Å². The topological polar surface area (TPSA) is 152 Å². The van der Waals surface area contributed by atoms with E-state index in [2.05, 4.69) is 15.1 Å². The fourth-order valence-electron chi connectivity index (χ4n) is 10.5. The molecule has 0 radical (unpaired) electrons. The van der Waals surface area contributed by atoms with E-state index in [0.717, 1.165) is 22.1 Å². The fourth-order valence-corrected chi connectivity index (χ4v) is 12.2. The number of phenolic OH excluding ortho intramolecular Hbond substituents is 1. The number of benzene rings is 3. The molecular formula is C41H43N3O10S. The molecule has 12 rings (SSSR count). The zero-order chi connectivity index (χ0) is 38.1. The highest BCUT2D eigenvalue weighted by molar-refractivity contribution is 7.99. The van der Waals surface area contributed by atoms with Crippen LogP contribution in [0.2, 0.25) is 0 Å². The number of thioether (sulfide) groups is 1. The third-order valence-electron chi connectivity index (χ3n) is 12.6. The summed E-state index contributed by atoms with van der Waals surface area (Å²) < 4.78 is 37.3. The number of phenols is 1. The number of carbonyl (C=O) groups is 2. The maximum Gasteiger partial charge on any atom is 0.335 e. The summed E-state index contributed by atoms with van der Waals surface area (Å²) in [4.78, 5) is 32.1. The average molecular weight is 770 g/mol. The summed E-state index contributed by atoms with van der Waals surface area (Å²) in [5, 5.41) is 29.3. The summed E-state index contributed by atoms with van der Waals surface area (Å²) in [6, 6.07) is 8.04. The van der Waals surface area contributed by atoms with Crippen molar-refractivity contribution in [1.29, 1.82) is 0 Å². The third kappa shape index (κ3) is 4.69. The van der Waals surface area contributed by atoms with Crippen LogP contribution in [0.15, 0.2) is 34.7 Å². The van der Waals surface area contributed by atoms with Gasteiger partial charge in [-0.25, -0.2) is 4.79 Å². The highest BCUT2D eigenvalue weighted by Gasteiger charge is 2.64. The van der Waals surface area contributed by atoms with Gasteiger partial charge in [0.2, 0.25) is 6.79 Å². The highest BCUT2D eigenvalue weighted by Crippen LogP contribution is 2.65. The van der Waals surface area contributed by atoms with Gasteiger partial charge in [-0.2, -0.15) is 0 Å². The Morgan fingerprint density at radius 3 is 2.69 bits per heavy atom. The number of hydrogen-bond donors (Lipinski definition) is 3. The minimum Gasteiger partial charge on any atom is -0.504 e. The number of likely N-dealkylation sites (N-methyl/N-ethyl adjacent to an activating group) is 1. The summed E-state index contributed by atoms with van der Waals surface area (Å²) in [6.45, 7) is 8.30. The lowest BCUT2D eigenvalue weighted by molar-refractivity contribution is -0.218. The zero-order valence-electron chi connectivity index (χ0n) is 31.3. The van der Waals surface area contributed by atoms with Gasteiger partial charge >= 0.3 is 11.9 Å². The number of hydrogen-bond acceptors (Lipinski definition) is 14. The molecule has 0 aliphatic carbocycles. The lowest BCUT2D eigenvalue weighted by atomic mass is 9.78. The summed E-state index contributed by atoms with van der Waals surface area (Å²) in [7, 11) is 1.55. The van der Waals surface area contributed by atoms with E-state index in [0.29, 0.717) is 76.1 Å². The largest absolute Gasteiger partial charge is 0.504 e. The van der Waals surface area contributed by atoms with Crippen LogP contribution in [0.25, 0.3) is 11.0 Å². The second-order valence-corrected chi connectivity index (χ2v) is 16.6. The van der Waals surface area contributed by atoms with Gasteiger partial charge in [0.1, 0.15) is 29.4 Å². The van der Waals surface area contributed by atoms with E-state index in [1.807, 2.05) is 51.1 Å². The molecule has 0 saturated carbocycles. The second kappa shape index (κ2) is 12.3. The number of piperazine rings is 1. The van der Waals surface area contributed by atoms with E-state index in [1.54, 1.807) is 7.11 Å². The first-order valence-corrected chi connectivity index (χ1v) is 19.9. The quantitative estimate of drug-likeness (QED) is 0.193. The van der Waals surface area contributed by atoms with Crippen LogP contribution in [0, 0.1) is 13.8 Å². The van der Waals surface area contributed by atoms with Gasteiger partial charge in [0, 0.05) is 71.4 Å². The summed E-state index contributed by atoms with van der Waals surface area (Å²) in [5.41, 5.74) is 3.06. The molecule has 4 aromatic rings. The molecule has 7 atom stereocenters. The number of aromatic hydroxyl groups is 1. The van der Waals surface area contributed by atoms with Crippen molar-refractivity contribution in [2.24, 2.45) is 0 Å². The summed E-state index contributed by atoms with van der Waals surface area (Å²) in [5.74, 6) is 1.45. The van der Waals surface area contributed by atoms with Gasteiger partial charge < -0.3 is 38.3 Å². The van der Waals surface area contributed by atoms with Gasteiger partial charge in [0.25, 0.3) is 0 Å².